The summed E-state index contributed by atoms with van der Waals surface area (Å²) < 4.78 is 7.13. The van der Waals surface area contributed by atoms with Crippen molar-refractivity contribution in [3.63, 3.8) is 0 Å². The molecule has 6 heteroatoms. The number of para-hydroxylation sites is 1. The van der Waals surface area contributed by atoms with Crippen molar-refractivity contribution in [3.8, 4) is 0 Å². The molecule has 1 aliphatic heterocycles. The molecule has 3 aromatic heterocycles. The third-order valence-corrected chi connectivity index (χ3v) is 6.09. The molecule has 29 heavy (non-hydrogen) atoms. The van der Waals surface area contributed by atoms with E-state index in [-0.39, 0.29) is 5.56 Å². The van der Waals surface area contributed by atoms with Gasteiger partial charge in [-0.05, 0) is 63.5 Å². The summed E-state index contributed by atoms with van der Waals surface area (Å²) in [6.45, 7) is 4.83. The average molecular weight is 388 g/mol. The molecule has 4 aromatic rings. The number of nitrogens with zero attached hydrogens (tertiary/aromatic N) is 4. The summed E-state index contributed by atoms with van der Waals surface area (Å²) in [5, 5.41) is 5.48. The molecule has 0 saturated carbocycles. The minimum absolute atomic E-state index is 0.0528. The largest absolute Gasteiger partial charge is 0.356 e. The summed E-state index contributed by atoms with van der Waals surface area (Å²) >= 11 is 0. The van der Waals surface area contributed by atoms with Crippen molar-refractivity contribution >= 4 is 16.6 Å². The number of aromatic nitrogens is 3. The molecule has 0 aliphatic carbocycles. The highest BCUT2D eigenvalue weighted by Crippen LogP contribution is 2.32. The van der Waals surface area contributed by atoms with Crippen LogP contribution in [0.3, 0.4) is 0 Å². The lowest BCUT2D eigenvalue weighted by molar-refractivity contribution is 0.211. The van der Waals surface area contributed by atoms with Gasteiger partial charge in [0.25, 0.3) is 5.56 Å². The van der Waals surface area contributed by atoms with Crippen LogP contribution in [0, 0.1) is 6.92 Å². The first-order chi connectivity index (χ1) is 14.2. The van der Waals surface area contributed by atoms with Gasteiger partial charge in [-0.3, -0.25) is 9.20 Å². The minimum Gasteiger partial charge on any atom is -0.356 e. The zero-order chi connectivity index (χ0) is 19.8. The quantitative estimate of drug-likeness (QED) is 0.535. The number of rotatable bonds is 4. The predicted molar refractivity (Wildman–Crippen MR) is 112 cm³/mol. The number of hydrogen-bond acceptors (Lipinski definition) is 5. The predicted octanol–water partition coefficient (Wildman–Crippen LogP) is 3.57. The van der Waals surface area contributed by atoms with Crippen LogP contribution in [-0.2, 0) is 6.42 Å². The van der Waals surface area contributed by atoms with Gasteiger partial charge in [-0.1, -0.05) is 23.4 Å². The SMILES string of the molecule is Cc1nc2ccccn2c(=O)c1CCN1CCC(c2noc3ccccc23)CC1. The van der Waals surface area contributed by atoms with E-state index in [9.17, 15) is 4.79 Å². The third kappa shape index (κ3) is 3.34. The van der Waals surface area contributed by atoms with Crippen LogP contribution in [0.25, 0.3) is 16.6 Å². The second kappa shape index (κ2) is 7.44. The first kappa shape index (κ1) is 18.1. The first-order valence-electron chi connectivity index (χ1n) is 10.2. The number of likely N-dealkylation sites (tertiary alicyclic amines) is 1. The van der Waals surface area contributed by atoms with Gasteiger partial charge in [0, 0.05) is 35.3 Å². The summed E-state index contributed by atoms with van der Waals surface area (Å²) in [6, 6.07) is 13.7. The molecule has 0 N–H and O–H groups in total. The second-order valence-electron chi connectivity index (χ2n) is 7.84. The molecule has 1 aliphatic rings. The highest BCUT2D eigenvalue weighted by atomic mass is 16.5. The highest BCUT2D eigenvalue weighted by molar-refractivity contribution is 5.79. The molecule has 1 aromatic carbocycles. The van der Waals surface area contributed by atoms with Crippen molar-refractivity contribution in [2.75, 3.05) is 19.6 Å². The number of hydrogen-bond donors (Lipinski definition) is 0. The van der Waals surface area contributed by atoms with E-state index in [2.05, 4.69) is 21.1 Å². The summed E-state index contributed by atoms with van der Waals surface area (Å²) in [5.41, 5.74) is 4.37. The Hall–Kier alpha value is -2.99. The molecule has 0 spiro atoms. The van der Waals surface area contributed by atoms with Gasteiger partial charge in [0.05, 0.1) is 5.69 Å². The van der Waals surface area contributed by atoms with Gasteiger partial charge in [-0.2, -0.15) is 0 Å². The Kier molecular flexibility index (Phi) is 4.64. The van der Waals surface area contributed by atoms with Crippen LogP contribution in [0.2, 0.25) is 0 Å². The Balaban J connectivity index is 1.26. The summed E-state index contributed by atoms with van der Waals surface area (Å²) in [5.74, 6) is 0.435. The summed E-state index contributed by atoms with van der Waals surface area (Å²) in [6.07, 6.45) is 4.64. The number of pyridine rings is 1. The van der Waals surface area contributed by atoms with E-state index in [4.69, 9.17) is 4.52 Å². The zero-order valence-corrected chi connectivity index (χ0v) is 16.5. The van der Waals surface area contributed by atoms with Crippen molar-refractivity contribution in [2.45, 2.75) is 32.1 Å². The van der Waals surface area contributed by atoms with Gasteiger partial charge < -0.3 is 9.42 Å². The molecular weight excluding hydrogens is 364 g/mol. The van der Waals surface area contributed by atoms with E-state index in [1.54, 1.807) is 10.6 Å². The maximum absolute atomic E-state index is 12.8. The molecule has 148 valence electrons. The Morgan fingerprint density at radius 3 is 2.76 bits per heavy atom. The molecule has 5 rings (SSSR count). The molecule has 4 heterocycles. The fraction of sp³-hybridized carbons (Fsp3) is 0.348. The molecule has 0 atom stereocenters. The first-order valence-corrected chi connectivity index (χ1v) is 10.2. The molecule has 1 fully saturated rings. The van der Waals surface area contributed by atoms with Crippen LogP contribution in [0.15, 0.2) is 58.0 Å². The van der Waals surface area contributed by atoms with Crippen LogP contribution in [-0.4, -0.2) is 39.1 Å². The summed E-state index contributed by atoms with van der Waals surface area (Å²) in [7, 11) is 0. The lowest BCUT2D eigenvalue weighted by Gasteiger charge is -2.31. The van der Waals surface area contributed by atoms with E-state index in [1.165, 1.54) is 0 Å². The summed E-state index contributed by atoms with van der Waals surface area (Å²) in [4.78, 5) is 19.9. The maximum Gasteiger partial charge on any atom is 0.261 e. The molecule has 1 saturated heterocycles. The Labute approximate surface area is 168 Å². The smallest absolute Gasteiger partial charge is 0.261 e. The van der Waals surface area contributed by atoms with Gasteiger partial charge in [0.2, 0.25) is 0 Å². The van der Waals surface area contributed by atoms with E-state index in [0.29, 0.717) is 11.6 Å². The number of fused-ring (bicyclic) bond motifs is 2. The van der Waals surface area contributed by atoms with Crippen molar-refractivity contribution < 1.29 is 4.52 Å². The topological polar surface area (TPSA) is 63.6 Å². The van der Waals surface area contributed by atoms with Gasteiger partial charge in [-0.15, -0.1) is 0 Å². The Bertz CT molecular complexity index is 1220. The van der Waals surface area contributed by atoms with Gasteiger partial charge in [-0.25, -0.2) is 4.98 Å². The number of benzene rings is 1. The van der Waals surface area contributed by atoms with E-state index >= 15 is 0 Å². The monoisotopic (exact) mass is 388 g/mol. The minimum atomic E-state index is 0.0528. The number of aryl methyl sites for hydroxylation is 1. The van der Waals surface area contributed by atoms with Gasteiger partial charge >= 0.3 is 0 Å². The Morgan fingerprint density at radius 1 is 1.10 bits per heavy atom. The fourth-order valence-corrected chi connectivity index (χ4v) is 4.42. The Morgan fingerprint density at radius 2 is 1.90 bits per heavy atom. The van der Waals surface area contributed by atoms with Gasteiger partial charge in [0.1, 0.15) is 5.65 Å². The zero-order valence-electron chi connectivity index (χ0n) is 16.5. The van der Waals surface area contributed by atoms with Crippen LogP contribution in [0.4, 0.5) is 0 Å². The number of piperidine rings is 1. The van der Waals surface area contributed by atoms with Gasteiger partial charge in [0.15, 0.2) is 5.58 Å². The van der Waals surface area contributed by atoms with Crippen molar-refractivity contribution in [1.29, 1.82) is 0 Å². The van der Waals surface area contributed by atoms with Crippen LogP contribution < -0.4 is 5.56 Å². The molecule has 0 radical (unpaired) electrons. The van der Waals surface area contributed by atoms with Crippen LogP contribution in [0.5, 0.6) is 0 Å². The normalized spacial score (nSPS) is 16.0. The lowest BCUT2D eigenvalue weighted by Crippen LogP contribution is -2.35. The molecular formula is C23H24N4O2. The highest BCUT2D eigenvalue weighted by Gasteiger charge is 2.25. The standard InChI is InChI=1S/C23H24N4O2/c1-16-18(23(28)27-12-5-4-8-21(27)24-16)11-15-26-13-9-17(10-14-26)22-19-6-2-3-7-20(19)29-25-22/h2-8,12,17H,9-11,13-15H2,1H3. The molecule has 0 amide bonds. The fourth-order valence-electron chi connectivity index (χ4n) is 4.42. The average Bonchev–Trinajstić information content (AvgIpc) is 3.18. The van der Waals surface area contributed by atoms with E-state index < -0.39 is 0 Å². The van der Waals surface area contributed by atoms with Crippen LogP contribution in [0.1, 0.15) is 35.7 Å². The molecule has 0 unspecified atom stereocenters. The lowest BCUT2D eigenvalue weighted by atomic mass is 9.91. The molecule has 6 nitrogen and oxygen atoms in total. The van der Waals surface area contributed by atoms with E-state index in [1.807, 2.05) is 43.3 Å². The third-order valence-electron chi connectivity index (χ3n) is 6.09. The van der Waals surface area contributed by atoms with Crippen LogP contribution >= 0.6 is 0 Å². The second-order valence-corrected chi connectivity index (χ2v) is 7.84. The van der Waals surface area contributed by atoms with Crippen molar-refractivity contribution in [2.24, 2.45) is 0 Å². The maximum atomic E-state index is 12.8. The van der Waals surface area contributed by atoms with E-state index in [0.717, 1.165) is 66.8 Å². The molecule has 0 bridgehead atoms. The van der Waals surface area contributed by atoms with Crippen molar-refractivity contribution in [1.82, 2.24) is 19.4 Å². The van der Waals surface area contributed by atoms with Crippen molar-refractivity contribution in [3.05, 3.63) is 76.0 Å².